The standard InChI is InChI=1S/C7H7ClO2S.C6H14O.C5H12O2/c1-6-2-4-7(5-3-6)11(8,9)10;1-2-3-4-5-6-7;6-4-2-1-3-5-7/h2-5H,1H3;7H,2-6H2,1H3;6-7H,1-5H2. The summed E-state index contributed by atoms with van der Waals surface area (Å²) in [5.41, 5.74) is 1.01. The first-order valence-corrected chi connectivity index (χ1v) is 11.0. The zero-order chi connectivity index (χ0) is 19.6. The third kappa shape index (κ3) is 19.5. The van der Waals surface area contributed by atoms with Crippen LogP contribution in [0.2, 0.25) is 0 Å². The summed E-state index contributed by atoms with van der Waals surface area (Å²) >= 11 is 0. The smallest absolute Gasteiger partial charge is 0.261 e. The fourth-order valence-electron chi connectivity index (χ4n) is 1.64. The largest absolute Gasteiger partial charge is 0.396 e. The zero-order valence-electron chi connectivity index (χ0n) is 15.3. The lowest BCUT2D eigenvalue weighted by Crippen LogP contribution is -1.89. The second-order valence-electron chi connectivity index (χ2n) is 5.54. The third-order valence-corrected chi connectivity index (χ3v) is 4.50. The van der Waals surface area contributed by atoms with Gasteiger partial charge in [0.15, 0.2) is 0 Å². The van der Waals surface area contributed by atoms with E-state index in [1.807, 2.05) is 6.92 Å². The monoisotopic (exact) mass is 396 g/mol. The summed E-state index contributed by atoms with van der Waals surface area (Å²) in [4.78, 5) is 0.143. The Morgan fingerprint density at radius 1 is 0.800 bits per heavy atom. The summed E-state index contributed by atoms with van der Waals surface area (Å²) in [5.74, 6) is 0. The maximum Gasteiger partial charge on any atom is 0.261 e. The molecule has 0 bridgehead atoms. The van der Waals surface area contributed by atoms with E-state index in [4.69, 9.17) is 26.0 Å². The molecule has 0 heterocycles. The van der Waals surface area contributed by atoms with Crippen LogP contribution in [-0.2, 0) is 9.05 Å². The Morgan fingerprint density at radius 3 is 1.52 bits per heavy atom. The third-order valence-electron chi connectivity index (χ3n) is 3.13. The van der Waals surface area contributed by atoms with Crippen LogP contribution in [0.3, 0.4) is 0 Å². The number of hydrogen-bond donors (Lipinski definition) is 3. The number of unbranched alkanes of at least 4 members (excludes halogenated alkanes) is 5. The number of benzene rings is 1. The van der Waals surface area contributed by atoms with Crippen LogP contribution in [0, 0.1) is 6.92 Å². The number of hydrogen-bond acceptors (Lipinski definition) is 5. The second kappa shape index (κ2) is 18.1. The maximum atomic E-state index is 10.7. The first-order valence-electron chi connectivity index (χ1n) is 8.67. The average molecular weight is 397 g/mol. The first kappa shape index (κ1) is 26.6. The molecule has 0 aliphatic rings. The van der Waals surface area contributed by atoms with E-state index < -0.39 is 9.05 Å². The van der Waals surface area contributed by atoms with Gasteiger partial charge in [-0.15, -0.1) is 0 Å². The Balaban J connectivity index is 0. The summed E-state index contributed by atoms with van der Waals surface area (Å²) in [6.07, 6.45) is 7.26. The fourth-order valence-corrected chi connectivity index (χ4v) is 2.41. The van der Waals surface area contributed by atoms with Gasteiger partial charge in [-0.2, -0.15) is 0 Å². The van der Waals surface area contributed by atoms with Crippen LogP contribution in [0.1, 0.15) is 57.4 Å². The van der Waals surface area contributed by atoms with Crippen molar-refractivity contribution in [2.45, 2.75) is 63.7 Å². The van der Waals surface area contributed by atoms with E-state index >= 15 is 0 Å². The van der Waals surface area contributed by atoms with Crippen LogP contribution in [0.5, 0.6) is 0 Å². The molecule has 1 rings (SSSR count). The van der Waals surface area contributed by atoms with Gasteiger partial charge in [-0.1, -0.05) is 43.9 Å². The van der Waals surface area contributed by atoms with E-state index in [1.165, 1.54) is 31.4 Å². The molecule has 0 saturated carbocycles. The van der Waals surface area contributed by atoms with Crippen LogP contribution >= 0.6 is 10.7 Å². The molecule has 0 amide bonds. The fraction of sp³-hybridized carbons (Fsp3) is 0.667. The molecule has 1 aromatic carbocycles. The lowest BCUT2D eigenvalue weighted by Gasteiger charge is -1.94. The van der Waals surface area contributed by atoms with Gasteiger partial charge in [0.05, 0.1) is 4.90 Å². The lowest BCUT2D eigenvalue weighted by molar-refractivity contribution is 0.257. The van der Waals surface area contributed by atoms with Gasteiger partial charge in [-0.05, 0) is 44.7 Å². The molecule has 0 spiro atoms. The Bertz CT molecular complexity index is 471. The van der Waals surface area contributed by atoms with Crippen LogP contribution in [0.25, 0.3) is 0 Å². The molecule has 0 atom stereocenters. The van der Waals surface area contributed by atoms with Gasteiger partial charge in [0.2, 0.25) is 0 Å². The quantitative estimate of drug-likeness (QED) is 0.437. The summed E-state index contributed by atoms with van der Waals surface area (Å²) in [6, 6.07) is 6.37. The number of aliphatic hydroxyl groups is 3. The number of rotatable bonds is 9. The highest BCUT2D eigenvalue weighted by atomic mass is 35.7. The van der Waals surface area contributed by atoms with Crippen molar-refractivity contribution in [2.75, 3.05) is 19.8 Å². The average Bonchev–Trinajstić information content (AvgIpc) is 2.57. The van der Waals surface area contributed by atoms with Gasteiger partial charge in [0.25, 0.3) is 9.05 Å². The summed E-state index contributed by atoms with van der Waals surface area (Å²) in [6.45, 7) is 4.90. The summed E-state index contributed by atoms with van der Waals surface area (Å²) in [7, 11) is 1.54. The van der Waals surface area contributed by atoms with Crippen LogP contribution in [0.15, 0.2) is 29.2 Å². The Hall–Kier alpha value is -0.660. The molecule has 148 valence electrons. The van der Waals surface area contributed by atoms with Crippen molar-refractivity contribution in [1.82, 2.24) is 0 Å². The first-order chi connectivity index (χ1) is 11.8. The molecule has 1 aromatic rings. The Kier molecular flexibility index (Phi) is 19.3. The molecule has 0 aliphatic carbocycles. The molecule has 3 N–H and O–H groups in total. The SMILES string of the molecule is CCCCCCO.Cc1ccc(S(=O)(=O)Cl)cc1.OCCCCCO. The topological polar surface area (TPSA) is 94.8 Å². The minimum Gasteiger partial charge on any atom is -0.396 e. The highest BCUT2D eigenvalue weighted by Crippen LogP contribution is 2.14. The highest BCUT2D eigenvalue weighted by Gasteiger charge is 2.07. The van der Waals surface area contributed by atoms with Crippen molar-refractivity contribution in [3.63, 3.8) is 0 Å². The summed E-state index contributed by atoms with van der Waals surface area (Å²) < 4.78 is 21.4. The van der Waals surface area contributed by atoms with E-state index in [-0.39, 0.29) is 18.1 Å². The predicted octanol–water partition coefficient (Wildman–Crippen LogP) is 3.62. The van der Waals surface area contributed by atoms with Crippen LogP contribution < -0.4 is 0 Å². The predicted molar refractivity (Wildman–Crippen MR) is 103 cm³/mol. The van der Waals surface area contributed by atoms with Gasteiger partial charge in [-0.3, -0.25) is 0 Å². The zero-order valence-corrected chi connectivity index (χ0v) is 16.9. The molecule has 0 saturated heterocycles. The second-order valence-corrected chi connectivity index (χ2v) is 8.11. The van der Waals surface area contributed by atoms with Gasteiger partial charge in [0.1, 0.15) is 0 Å². The minimum atomic E-state index is -3.55. The highest BCUT2D eigenvalue weighted by molar-refractivity contribution is 8.13. The Morgan fingerprint density at radius 2 is 1.20 bits per heavy atom. The molecule has 5 nitrogen and oxygen atoms in total. The van der Waals surface area contributed by atoms with E-state index in [0.717, 1.165) is 31.2 Å². The van der Waals surface area contributed by atoms with Gasteiger partial charge >= 0.3 is 0 Å². The van der Waals surface area contributed by atoms with E-state index in [1.54, 1.807) is 12.1 Å². The van der Waals surface area contributed by atoms with Crippen molar-refractivity contribution >= 4 is 19.7 Å². The van der Waals surface area contributed by atoms with Crippen LogP contribution in [0.4, 0.5) is 0 Å². The van der Waals surface area contributed by atoms with Crippen molar-refractivity contribution < 1.29 is 23.7 Å². The van der Waals surface area contributed by atoms with E-state index in [0.29, 0.717) is 6.61 Å². The van der Waals surface area contributed by atoms with E-state index in [2.05, 4.69) is 6.92 Å². The molecular formula is C18H33ClO5S. The van der Waals surface area contributed by atoms with Crippen LogP contribution in [-0.4, -0.2) is 43.6 Å². The number of halogens is 1. The Labute approximate surface area is 157 Å². The molecule has 0 unspecified atom stereocenters. The van der Waals surface area contributed by atoms with Gasteiger partial charge in [0, 0.05) is 30.5 Å². The van der Waals surface area contributed by atoms with Crippen molar-refractivity contribution in [1.29, 1.82) is 0 Å². The molecule has 0 radical (unpaired) electrons. The molecule has 0 fully saturated rings. The lowest BCUT2D eigenvalue weighted by atomic mass is 10.2. The minimum absolute atomic E-state index is 0.143. The van der Waals surface area contributed by atoms with Gasteiger partial charge in [-0.25, -0.2) is 8.42 Å². The van der Waals surface area contributed by atoms with Crippen molar-refractivity contribution in [2.24, 2.45) is 0 Å². The molecule has 0 aliphatic heterocycles. The normalized spacial score (nSPS) is 10.3. The molecule has 0 aromatic heterocycles. The van der Waals surface area contributed by atoms with Crippen molar-refractivity contribution in [3.8, 4) is 0 Å². The summed E-state index contributed by atoms with van der Waals surface area (Å²) in [5, 5.41) is 24.7. The van der Waals surface area contributed by atoms with E-state index in [9.17, 15) is 8.42 Å². The number of aliphatic hydroxyl groups excluding tert-OH is 3. The molecule has 7 heteroatoms. The maximum absolute atomic E-state index is 10.7. The van der Waals surface area contributed by atoms with Gasteiger partial charge < -0.3 is 15.3 Å². The number of aryl methyl sites for hydroxylation is 1. The molecular weight excluding hydrogens is 364 g/mol. The van der Waals surface area contributed by atoms with Crippen molar-refractivity contribution in [3.05, 3.63) is 29.8 Å². The molecule has 25 heavy (non-hydrogen) atoms.